The van der Waals surface area contributed by atoms with Gasteiger partial charge in [0, 0.05) is 12.0 Å². The van der Waals surface area contributed by atoms with E-state index in [1.807, 2.05) is 26.8 Å². The maximum atomic E-state index is 13.4. The zero-order valence-electron chi connectivity index (χ0n) is 14.6. The lowest BCUT2D eigenvalue weighted by Crippen LogP contribution is -2.29. The molecule has 0 spiro atoms. The first-order valence-corrected chi connectivity index (χ1v) is 9.21. The lowest BCUT2D eigenvalue weighted by Gasteiger charge is -2.21. The Bertz CT molecular complexity index is 975. The smallest absolute Gasteiger partial charge is 0.275 e. The molecule has 136 valence electrons. The van der Waals surface area contributed by atoms with Crippen molar-refractivity contribution in [3.63, 3.8) is 0 Å². The second kappa shape index (κ2) is 5.84. The minimum Gasteiger partial charge on any atom is -0.296 e. The van der Waals surface area contributed by atoms with Crippen molar-refractivity contribution in [1.29, 1.82) is 0 Å². The Kier molecular flexibility index (Phi) is 3.83. The number of carbonyl (C=O) groups excluding carboxylic acids is 1. The van der Waals surface area contributed by atoms with Crippen molar-refractivity contribution in [3.8, 4) is 0 Å². The number of thiazole rings is 1. The molecule has 3 aromatic rings. The van der Waals surface area contributed by atoms with Crippen LogP contribution in [0.25, 0.3) is 10.2 Å². The average molecular weight is 376 g/mol. The zero-order chi connectivity index (χ0) is 18.6. The van der Waals surface area contributed by atoms with Gasteiger partial charge in [-0.2, -0.15) is 5.10 Å². The third-order valence-electron chi connectivity index (χ3n) is 4.24. The summed E-state index contributed by atoms with van der Waals surface area (Å²) in [6, 6.07) is 3.94. The maximum Gasteiger partial charge on any atom is 0.275 e. The molecule has 5 nitrogen and oxygen atoms in total. The quantitative estimate of drug-likeness (QED) is 0.723. The highest BCUT2D eigenvalue weighted by atomic mass is 32.1. The highest BCUT2D eigenvalue weighted by Crippen LogP contribution is 2.40. The minimum absolute atomic E-state index is 0.296. The van der Waals surface area contributed by atoms with Crippen LogP contribution in [0.15, 0.2) is 18.2 Å². The fraction of sp³-hybridized carbons (Fsp3) is 0.389. The lowest BCUT2D eigenvalue weighted by atomic mass is 10.1. The Balaban J connectivity index is 1.66. The van der Waals surface area contributed by atoms with Gasteiger partial charge in [-0.1, -0.05) is 11.3 Å². The second-order valence-corrected chi connectivity index (χ2v) is 8.55. The molecule has 1 saturated carbocycles. The summed E-state index contributed by atoms with van der Waals surface area (Å²) in [5, 5.41) is 7.64. The van der Waals surface area contributed by atoms with E-state index in [0.717, 1.165) is 42.0 Å². The van der Waals surface area contributed by atoms with E-state index < -0.39 is 11.6 Å². The van der Waals surface area contributed by atoms with Crippen LogP contribution in [0.5, 0.6) is 0 Å². The highest BCUT2D eigenvalue weighted by Gasteiger charge is 2.31. The normalized spacial score (nSPS) is 14.8. The Morgan fingerprint density at radius 3 is 2.58 bits per heavy atom. The summed E-state index contributed by atoms with van der Waals surface area (Å²) in [5.74, 6) is -1.79. The molecular weight excluding hydrogens is 358 g/mol. The molecule has 4 rings (SSSR count). The molecule has 1 N–H and O–H groups in total. The van der Waals surface area contributed by atoms with E-state index in [9.17, 15) is 13.6 Å². The van der Waals surface area contributed by atoms with Gasteiger partial charge in [-0.05, 0) is 45.7 Å². The van der Waals surface area contributed by atoms with Gasteiger partial charge >= 0.3 is 0 Å². The molecule has 1 aliphatic carbocycles. The van der Waals surface area contributed by atoms with E-state index in [1.54, 1.807) is 4.68 Å². The van der Waals surface area contributed by atoms with Gasteiger partial charge in [-0.25, -0.2) is 13.8 Å². The Hall–Kier alpha value is -2.35. The van der Waals surface area contributed by atoms with Crippen molar-refractivity contribution < 1.29 is 13.6 Å². The van der Waals surface area contributed by atoms with E-state index in [0.29, 0.717) is 27.0 Å². The molecule has 2 heterocycles. The van der Waals surface area contributed by atoms with Crippen molar-refractivity contribution in [1.82, 2.24) is 14.8 Å². The fourth-order valence-corrected chi connectivity index (χ4v) is 3.66. The predicted octanol–water partition coefficient (Wildman–Crippen LogP) is 4.66. The molecule has 0 radical (unpaired) electrons. The van der Waals surface area contributed by atoms with E-state index >= 15 is 0 Å². The maximum absolute atomic E-state index is 13.4. The van der Waals surface area contributed by atoms with Gasteiger partial charge in [0.2, 0.25) is 0 Å². The summed E-state index contributed by atoms with van der Waals surface area (Å²) in [4.78, 5) is 17.0. The monoisotopic (exact) mass is 376 g/mol. The highest BCUT2D eigenvalue weighted by molar-refractivity contribution is 7.22. The van der Waals surface area contributed by atoms with Gasteiger partial charge in [0.15, 0.2) is 16.8 Å². The zero-order valence-corrected chi connectivity index (χ0v) is 15.5. The number of nitrogens with one attached hydrogen (secondary N) is 1. The number of amides is 1. The number of anilines is 1. The van der Waals surface area contributed by atoms with Gasteiger partial charge in [-0.3, -0.25) is 14.8 Å². The van der Waals surface area contributed by atoms with Crippen molar-refractivity contribution in [3.05, 3.63) is 41.2 Å². The number of fused-ring (bicyclic) bond motifs is 1. The van der Waals surface area contributed by atoms with Crippen LogP contribution >= 0.6 is 11.3 Å². The second-order valence-electron chi connectivity index (χ2n) is 7.52. The molecule has 0 saturated heterocycles. The Labute approximate surface area is 153 Å². The van der Waals surface area contributed by atoms with Gasteiger partial charge in [0.1, 0.15) is 5.69 Å². The lowest BCUT2D eigenvalue weighted by molar-refractivity contribution is 0.100. The SMILES string of the molecule is CC(C)(C)n1nc(C2CC2)cc1C(=O)Nc1nc2cc(F)c(F)cc2s1. The van der Waals surface area contributed by atoms with E-state index in [4.69, 9.17) is 0 Å². The van der Waals surface area contributed by atoms with E-state index in [2.05, 4.69) is 15.4 Å². The van der Waals surface area contributed by atoms with Crippen LogP contribution in [0, 0.1) is 11.6 Å². The van der Waals surface area contributed by atoms with Crippen LogP contribution in [0.1, 0.15) is 55.7 Å². The van der Waals surface area contributed by atoms with Crippen LogP contribution in [-0.2, 0) is 5.54 Å². The number of benzene rings is 1. The van der Waals surface area contributed by atoms with E-state index in [1.165, 1.54) is 0 Å². The molecule has 0 unspecified atom stereocenters. The van der Waals surface area contributed by atoms with Crippen LogP contribution in [0.4, 0.5) is 13.9 Å². The number of halogens is 2. The molecule has 8 heteroatoms. The van der Waals surface area contributed by atoms with Crippen LogP contribution in [0.2, 0.25) is 0 Å². The molecule has 2 aromatic heterocycles. The number of carbonyl (C=O) groups is 1. The van der Waals surface area contributed by atoms with Crippen LogP contribution < -0.4 is 5.32 Å². The van der Waals surface area contributed by atoms with Gasteiger partial charge in [0.25, 0.3) is 5.91 Å². The standard InChI is InChI=1S/C18H18F2N4OS/c1-18(2,3)24-14(8-12(23-24)9-4-5-9)16(25)22-17-21-13-6-10(19)11(20)7-15(13)26-17/h6-9H,4-5H2,1-3H3,(H,21,22,25). The van der Waals surface area contributed by atoms with Crippen molar-refractivity contribution in [2.75, 3.05) is 5.32 Å². The van der Waals surface area contributed by atoms with Crippen LogP contribution in [0.3, 0.4) is 0 Å². The number of hydrogen-bond donors (Lipinski definition) is 1. The van der Waals surface area contributed by atoms with Gasteiger partial charge < -0.3 is 0 Å². The third-order valence-corrected chi connectivity index (χ3v) is 5.18. The van der Waals surface area contributed by atoms with Crippen molar-refractivity contribution >= 4 is 32.6 Å². The third kappa shape index (κ3) is 3.09. The first-order chi connectivity index (χ1) is 12.2. The molecule has 1 amide bonds. The average Bonchev–Trinajstić information content (AvgIpc) is 3.16. The predicted molar refractivity (Wildman–Crippen MR) is 96.7 cm³/mol. The number of rotatable bonds is 3. The molecule has 0 aliphatic heterocycles. The molecule has 0 atom stereocenters. The van der Waals surface area contributed by atoms with Crippen molar-refractivity contribution in [2.45, 2.75) is 45.1 Å². The summed E-state index contributed by atoms with van der Waals surface area (Å²) in [6.07, 6.45) is 2.19. The summed E-state index contributed by atoms with van der Waals surface area (Å²) >= 11 is 1.10. The van der Waals surface area contributed by atoms with Gasteiger partial charge in [0.05, 0.1) is 21.4 Å². The first kappa shape index (κ1) is 17.1. The summed E-state index contributed by atoms with van der Waals surface area (Å²) in [7, 11) is 0. The molecule has 0 bridgehead atoms. The first-order valence-electron chi connectivity index (χ1n) is 8.40. The minimum atomic E-state index is -0.958. The van der Waals surface area contributed by atoms with Crippen molar-refractivity contribution in [2.24, 2.45) is 0 Å². The molecule has 26 heavy (non-hydrogen) atoms. The number of hydrogen-bond acceptors (Lipinski definition) is 4. The number of aromatic nitrogens is 3. The summed E-state index contributed by atoms with van der Waals surface area (Å²) in [6.45, 7) is 5.95. The van der Waals surface area contributed by atoms with Gasteiger partial charge in [-0.15, -0.1) is 0 Å². The molecular formula is C18H18F2N4OS. The van der Waals surface area contributed by atoms with Crippen LogP contribution in [-0.4, -0.2) is 20.7 Å². The van der Waals surface area contributed by atoms with E-state index in [-0.39, 0.29) is 11.4 Å². The fourth-order valence-electron chi connectivity index (χ4n) is 2.79. The Morgan fingerprint density at radius 2 is 1.92 bits per heavy atom. The molecule has 1 fully saturated rings. The summed E-state index contributed by atoms with van der Waals surface area (Å²) in [5.41, 5.74) is 1.35. The molecule has 1 aromatic carbocycles. The summed E-state index contributed by atoms with van der Waals surface area (Å²) < 4.78 is 28.9. The topological polar surface area (TPSA) is 59.8 Å². The Morgan fingerprint density at radius 1 is 1.23 bits per heavy atom. The molecule has 1 aliphatic rings. The number of nitrogens with zero attached hydrogens (tertiary/aromatic N) is 3. The largest absolute Gasteiger partial charge is 0.296 e.